The zero-order valence-electron chi connectivity index (χ0n) is 17.2. The third-order valence-corrected chi connectivity index (χ3v) is 5.10. The molecular formula is C24H22FNO5. The van der Waals surface area contributed by atoms with Crippen molar-refractivity contribution in [2.75, 3.05) is 13.2 Å². The molecule has 4 rings (SSSR count). The maximum Gasteiger partial charge on any atom is 0.310 e. The Hall–Kier alpha value is -3.74. The number of aromatic nitrogens is 1. The highest BCUT2D eigenvalue weighted by atomic mass is 19.1. The fourth-order valence-electron chi connectivity index (χ4n) is 3.78. The molecule has 2 N–H and O–H groups in total. The minimum atomic E-state index is -0.626. The van der Waals surface area contributed by atoms with Crippen LogP contribution in [0.3, 0.4) is 0 Å². The monoisotopic (exact) mass is 423 g/mol. The third-order valence-electron chi connectivity index (χ3n) is 5.10. The summed E-state index contributed by atoms with van der Waals surface area (Å²) in [6.45, 7) is 4.13. The van der Waals surface area contributed by atoms with Crippen molar-refractivity contribution in [1.82, 2.24) is 4.57 Å². The quantitative estimate of drug-likeness (QED) is 0.434. The van der Waals surface area contributed by atoms with Gasteiger partial charge in [0, 0.05) is 17.0 Å². The molecule has 7 heteroatoms. The van der Waals surface area contributed by atoms with Crippen molar-refractivity contribution in [3.63, 3.8) is 0 Å². The molecular weight excluding hydrogens is 401 g/mol. The van der Waals surface area contributed by atoms with Crippen molar-refractivity contribution in [2.24, 2.45) is 0 Å². The van der Waals surface area contributed by atoms with E-state index in [1.165, 1.54) is 22.9 Å². The first-order valence-corrected chi connectivity index (χ1v) is 10.0. The molecule has 0 aliphatic rings. The van der Waals surface area contributed by atoms with Crippen LogP contribution in [0.5, 0.6) is 17.4 Å². The standard InChI is InChI=1S/C24H22FNO5/c1-3-30-20(27)12-14-9-10-19(18(25)11-14)26-13-17-21(24(26)29)23(31-4-2)16-8-6-5-7-15(16)22(17)28/h5-11,13,28-29H,3-4,12H2,1-2H3. The number of fused-ring (bicyclic) bond motifs is 2. The number of phenols is 1. The van der Waals surface area contributed by atoms with Gasteiger partial charge in [-0.25, -0.2) is 4.39 Å². The molecule has 0 aliphatic heterocycles. The van der Waals surface area contributed by atoms with Gasteiger partial charge in [-0.15, -0.1) is 0 Å². The van der Waals surface area contributed by atoms with Crippen LogP contribution in [-0.2, 0) is 16.0 Å². The predicted molar refractivity (Wildman–Crippen MR) is 116 cm³/mol. The van der Waals surface area contributed by atoms with E-state index in [4.69, 9.17) is 9.47 Å². The van der Waals surface area contributed by atoms with Crippen molar-refractivity contribution >= 4 is 27.5 Å². The molecule has 0 atom stereocenters. The van der Waals surface area contributed by atoms with Crippen LogP contribution in [0.4, 0.5) is 4.39 Å². The van der Waals surface area contributed by atoms with Gasteiger partial charge in [-0.1, -0.05) is 30.3 Å². The lowest BCUT2D eigenvalue weighted by Gasteiger charge is -2.12. The number of carbonyl (C=O) groups excluding carboxylic acids is 1. The number of hydrogen-bond acceptors (Lipinski definition) is 5. The average molecular weight is 423 g/mol. The van der Waals surface area contributed by atoms with Crippen molar-refractivity contribution in [1.29, 1.82) is 0 Å². The molecule has 0 spiro atoms. The van der Waals surface area contributed by atoms with Crippen molar-refractivity contribution in [3.8, 4) is 23.1 Å². The highest BCUT2D eigenvalue weighted by molar-refractivity contribution is 6.13. The summed E-state index contributed by atoms with van der Waals surface area (Å²) in [5.74, 6) is -0.929. The smallest absolute Gasteiger partial charge is 0.310 e. The van der Waals surface area contributed by atoms with Crippen molar-refractivity contribution < 1.29 is 28.9 Å². The van der Waals surface area contributed by atoms with Crippen LogP contribution < -0.4 is 4.74 Å². The van der Waals surface area contributed by atoms with Crippen molar-refractivity contribution in [2.45, 2.75) is 20.3 Å². The van der Waals surface area contributed by atoms with Crippen LogP contribution >= 0.6 is 0 Å². The molecule has 160 valence electrons. The van der Waals surface area contributed by atoms with Gasteiger partial charge in [0.1, 0.15) is 17.3 Å². The van der Waals surface area contributed by atoms with Crippen LogP contribution in [0.1, 0.15) is 19.4 Å². The molecule has 0 fully saturated rings. The first-order valence-electron chi connectivity index (χ1n) is 10.0. The lowest BCUT2D eigenvalue weighted by molar-refractivity contribution is -0.142. The Balaban J connectivity index is 1.89. The number of halogens is 1. The predicted octanol–water partition coefficient (Wildman–Crippen LogP) is 4.84. The first kappa shape index (κ1) is 20.5. The summed E-state index contributed by atoms with van der Waals surface area (Å²) in [7, 11) is 0. The number of nitrogens with zero attached hydrogens (tertiary/aromatic N) is 1. The first-order chi connectivity index (χ1) is 15.0. The third kappa shape index (κ3) is 3.52. The number of esters is 1. The topological polar surface area (TPSA) is 80.9 Å². The van der Waals surface area contributed by atoms with Gasteiger partial charge in [-0.05, 0) is 31.5 Å². The van der Waals surface area contributed by atoms with Crippen LogP contribution in [0.25, 0.3) is 27.2 Å². The zero-order chi connectivity index (χ0) is 22.1. The maximum atomic E-state index is 14.9. The molecule has 31 heavy (non-hydrogen) atoms. The van der Waals surface area contributed by atoms with Gasteiger partial charge in [0.2, 0.25) is 5.88 Å². The highest BCUT2D eigenvalue weighted by Gasteiger charge is 2.23. The number of phenolic OH excluding ortho intramolecular Hbond substituents is 1. The number of aromatic hydroxyl groups is 2. The minimum absolute atomic E-state index is 0.0255. The van der Waals surface area contributed by atoms with E-state index < -0.39 is 11.8 Å². The van der Waals surface area contributed by atoms with Gasteiger partial charge in [0.15, 0.2) is 0 Å². The average Bonchev–Trinajstić information content (AvgIpc) is 3.09. The van der Waals surface area contributed by atoms with E-state index in [1.54, 1.807) is 31.2 Å². The molecule has 0 radical (unpaired) electrons. The summed E-state index contributed by atoms with van der Waals surface area (Å²) in [6, 6.07) is 11.5. The van der Waals surface area contributed by atoms with Gasteiger partial charge >= 0.3 is 5.97 Å². The Morgan fingerprint density at radius 2 is 1.77 bits per heavy atom. The summed E-state index contributed by atoms with van der Waals surface area (Å²) in [6.07, 6.45) is 1.42. The van der Waals surface area contributed by atoms with Gasteiger partial charge in [0.25, 0.3) is 0 Å². The lowest BCUT2D eigenvalue weighted by Crippen LogP contribution is -2.08. The second kappa shape index (κ2) is 8.18. The molecule has 0 saturated heterocycles. The Morgan fingerprint density at radius 1 is 1.03 bits per heavy atom. The fraction of sp³-hybridized carbons (Fsp3) is 0.208. The molecule has 0 saturated carbocycles. The van der Waals surface area contributed by atoms with Crippen molar-refractivity contribution in [3.05, 3.63) is 60.0 Å². The van der Waals surface area contributed by atoms with E-state index in [0.29, 0.717) is 39.5 Å². The minimum Gasteiger partial charge on any atom is -0.507 e. The summed E-state index contributed by atoms with van der Waals surface area (Å²) in [4.78, 5) is 11.7. The molecule has 0 unspecified atom stereocenters. The largest absolute Gasteiger partial charge is 0.507 e. The molecule has 4 aromatic rings. The molecule has 1 heterocycles. The van der Waals surface area contributed by atoms with Crippen LogP contribution in [-0.4, -0.2) is 34.0 Å². The van der Waals surface area contributed by atoms with E-state index in [0.717, 1.165) is 0 Å². The SMILES string of the molecule is CCOC(=O)Cc1ccc(-n2cc3c(O)c4ccccc4c(OCC)c3c2O)c(F)c1. The maximum absolute atomic E-state index is 14.9. The molecule has 3 aromatic carbocycles. The van der Waals surface area contributed by atoms with E-state index in [-0.39, 0.29) is 30.3 Å². The molecule has 0 aliphatic carbocycles. The Morgan fingerprint density at radius 3 is 2.45 bits per heavy atom. The Bertz CT molecular complexity index is 1290. The lowest BCUT2D eigenvalue weighted by atomic mass is 10.0. The van der Waals surface area contributed by atoms with Gasteiger partial charge in [-0.2, -0.15) is 0 Å². The molecule has 0 bridgehead atoms. The number of ether oxygens (including phenoxy) is 2. The van der Waals surface area contributed by atoms with E-state index >= 15 is 0 Å². The summed E-state index contributed by atoms with van der Waals surface area (Å²) in [5, 5.41) is 23.7. The Kier molecular flexibility index (Phi) is 5.42. The van der Waals surface area contributed by atoms with E-state index in [2.05, 4.69) is 0 Å². The van der Waals surface area contributed by atoms with Crippen LogP contribution in [0.2, 0.25) is 0 Å². The summed E-state index contributed by atoms with van der Waals surface area (Å²) < 4.78 is 26.9. The van der Waals surface area contributed by atoms with Crippen LogP contribution in [0.15, 0.2) is 48.7 Å². The van der Waals surface area contributed by atoms with Gasteiger partial charge in [0.05, 0.1) is 36.1 Å². The summed E-state index contributed by atoms with van der Waals surface area (Å²) in [5.41, 5.74) is 0.534. The molecule has 6 nitrogen and oxygen atoms in total. The number of carbonyl (C=O) groups is 1. The number of benzene rings is 3. The van der Waals surface area contributed by atoms with E-state index in [1.807, 2.05) is 13.0 Å². The van der Waals surface area contributed by atoms with Gasteiger partial charge in [-0.3, -0.25) is 9.36 Å². The highest BCUT2D eigenvalue weighted by Crippen LogP contribution is 2.47. The summed E-state index contributed by atoms with van der Waals surface area (Å²) >= 11 is 0. The second-order valence-electron chi connectivity index (χ2n) is 7.04. The van der Waals surface area contributed by atoms with Crippen LogP contribution in [0, 0.1) is 5.82 Å². The normalized spacial score (nSPS) is 11.2. The zero-order valence-corrected chi connectivity index (χ0v) is 17.2. The Labute approximate surface area is 178 Å². The number of hydrogen-bond donors (Lipinski definition) is 2. The molecule has 0 amide bonds. The van der Waals surface area contributed by atoms with Gasteiger partial charge < -0.3 is 19.7 Å². The molecule has 1 aromatic heterocycles. The van der Waals surface area contributed by atoms with E-state index in [9.17, 15) is 19.4 Å². The number of rotatable bonds is 6. The second-order valence-corrected chi connectivity index (χ2v) is 7.04. The fourth-order valence-corrected chi connectivity index (χ4v) is 3.78.